The molecule has 0 aliphatic rings. The van der Waals surface area contributed by atoms with E-state index in [2.05, 4.69) is 5.32 Å². The first-order chi connectivity index (χ1) is 6.65. The lowest BCUT2D eigenvalue weighted by Crippen LogP contribution is -2.26. The number of hydrogen-bond acceptors (Lipinski definition) is 1. The lowest BCUT2D eigenvalue weighted by atomic mass is 10.1. The van der Waals surface area contributed by atoms with Gasteiger partial charge in [-0.3, -0.25) is 4.79 Å². The topological polar surface area (TPSA) is 29.1 Å². The van der Waals surface area contributed by atoms with E-state index in [9.17, 15) is 13.6 Å². The van der Waals surface area contributed by atoms with Gasteiger partial charge in [0.1, 0.15) is 12.5 Å². The molecule has 0 saturated heterocycles. The number of halogens is 2. The lowest BCUT2D eigenvalue weighted by molar-refractivity contribution is 0.0946. The highest BCUT2D eigenvalue weighted by molar-refractivity contribution is 5.94. The maximum absolute atomic E-state index is 13.1. The van der Waals surface area contributed by atoms with Gasteiger partial charge in [0.2, 0.25) is 0 Å². The van der Waals surface area contributed by atoms with Gasteiger partial charge in [-0.2, -0.15) is 0 Å². The van der Waals surface area contributed by atoms with Crippen LogP contribution in [0.5, 0.6) is 0 Å². The number of rotatable bonds is 3. The quantitative estimate of drug-likeness (QED) is 0.790. The summed E-state index contributed by atoms with van der Waals surface area (Å²) in [7, 11) is 0. The third-order valence-electron chi connectivity index (χ3n) is 1.75. The Morgan fingerprint density at radius 3 is 2.86 bits per heavy atom. The Balaban J connectivity index is 2.83. The minimum atomic E-state index is -0.654. The van der Waals surface area contributed by atoms with E-state index in [4.69, 9.17) is 0 Å². The molecule has 0 bridgehead atoms. The molecule has 4 heteroatoms. The number of carbonyl (C=O) groups excluding carboxylic acids is 1. The summed E-state index contributed by atoms with van der Waals surface area (Å²) >= 11 is 0. The minimum Gasteiger partial charge on any atom is -0.349 e. The standard InChI is InChI=1S/C10H11F2NO/c1-7-2-3-9(12)8(6-7)10(14)13-5-4-11/h2-3,6H,4-5H2,1H3,(H,13,14). The van der Waals surface area contributed by atoms with Gasteiger partial charge >= 0.3 is 0 Å². The predicted molar refractivity (Wildman–Crippen MR) is 49.4 cm³/mol. The van der Waals surface area contributed by atoms with E-state index in [0.717, 1.165) is 5.56 Å². The van der Waals surface area contributed by atoms with E-state index < -0.39 is 18.4 Å². The van der Waals surface area contributed by atoms with Crippen LogP contribution in [-0.2, 0) is 0 Å². The van der Waals surface area contributed by atoms with Crippen LogP contribution in [0.15, 0.2) is 18.2 Å². The van der Waals surface area contributed by atoms with Crippen LogP contribution in [0.3, 0.4) is 0 Å². The molecule has 14 heavy (non-hydrogen) atoms. The molecule has 0 fully saturated rings. The summed E-state index contributed by atoms with van der Waals surface area (Å²) in [5, 5.41) is 2.26. The second-order valence-electron chi connectivity index (χ2n) is 2.93. The maximum atomic E-state index is 13.1. The zero-order valence-electron chi connectivity index (χ0n) is 7.81. The van der Waals surface area contributed by atoms with Crippen molar-refractivity contribution in [2.75, 3.05) is 13.2 Å². The highest BCUT2D eigenvalue weighted by Gasteiger charge is 2.10. The van der Waals surface area contributed by atoms with Crippen LogP contribution in [-0.4, -0.2) is 19.1 Å². The second kappa shape index (κ2) is 4.69. The van der Waals surface area contributed by atoms with Gasteiger partial charge in [-0.1, -0.05) is 11.6 Å². The number of aryl methyl sites for hydroxylation is 1. The van der Waals surface area contributed by atoms with Crippen LogP contribution in [0.1, 0.15) is 15.9 Å². The number of nitrogens with one attached hydrogen (secondary N) is 1. The average Bonchev–Trinajstić information content (AvgIpc) is 2.18. The molecule has 1 amide bonds. The van der Waals surface area contributed by atoms with Gasteiger partial charge in [0, 0.05) is 6.54 Å². The van der Waals surface area contributed by atoms with Gasteiger partial charge in [0.15, 0.2) is 0 Å². The summed E-state index contributed by atoms with van der Waals surface area (Å²) in [6, 6.07) is 4.23. The van der Waals surface area contributed by atoms with Crippen LogP contribution in [0.2, 0.25) is 0 Å². The normalized spacial score (nSPS) is 9.93. The zero-order valence-corrected chi connectivity index (χ0v) is 7.81. The van der Waals surface area contributed by atoms with Gasteiger partial charge in [-0.25, -0.2) is 8.78 Å². The molecular weight excluding hydrogens is 188 g/mol. The predicted octanol–water partition coefficient (Wildman–Crippen LogP) is 1.83. The van der Waals surface area contributed by atoms with Crippen molar-refractivity contribution in [2.45, 2.75) is 6.92 Å². The molecule has 1 aromatic rings. The first-order valence-corrected chi connectivity index (χ1v) is 4.25. The van der Waals surface area contributed by atoms with Gasteiger partial charge in [-0.15, -0.1) is 0 Å². The fraction of sp³-hybridized carbons (Fsp3) is 0.300. The Labute approximate surface area is 80.9 Å². The molecule has 0 aliphatic carbocycles. The van der Waals surface area contributed by atoms with Crippen LogP contribution >= 0.6 is 0 Å². The fourth-order valence-electron chi connectivity index (χ4n) is 1.07. The van der Waals surface area contributed by atoms with Gasteiger partial charge < -0.3 is 5.32 Å². The number of alkyl halides is 1. The van der Waals surface area contributed by atoms with E-state index in [-0.39, 0.29) is 12.1 Å². The maximum Gasteiger partial charge on any atom is 0.254 e. The van der Waals surface area contributed by atoms with Crippen molar-refractivity contribution in [1.82, 2.24) is 5.32 Å². The molecule has 0 unspecified atom stereocenters. The molecule has 0 heterocycles. The van der Waals surface area contributed by atoms with Crippen molar-refractivity contribution in [3.05, 3.63) is 35.1 Å². The Morgan fingerprint density at radius 1 is 1.50 bits per heavy atom. The highest BCUT2D eigenvalue weighted by atomic mass is 19.1. The largest absolute Gasteiger partial charge is 0.349 e. The summed E-state index contributed by atoms with van der Waals surface area (Å²) in [5.74, 6) is -1.17. The molecule has 0 atom stereocenters. The van der Waals surface area contributed by atoms with Crippen LogP contribution in [0.25, 0.3) is 0 Å². The fourth-order valence-corrected chi connectivity index (χ4v) is 1.07. The van der Waals surface area contributed by atoms with Crippen molar-refractivity contribution in [3.8, 4) is 0 Å². The average molecular weight is 199 g/mol. The molecule has 1 rings (SSSR count). The molecule has 0 radical (unpaired) electrons. The van der Waals surface area contributed by atoms with E-state index in [1.54, 1.807) is 13.0 Å². The first-order valence-electron chi connectivity index (χ1n) is 4.25. The van der Waals surface area contributed by atoms with Crippen molar-refractivity contribution >= 4 is 5.91 Å². The summed E-state index contributed by atoms with van der Waals surface area (Å²) in [6.45, 7) is 1.01. The molecule has 1 aromatic carbocycles. The van der Waals surface area contributed by atoms with Gasteiger partial charge in [0.05, 0.1) is 5.56 Å². The van der Waals surface area contributed by atoms with Crippen molar-refractivity contribution < 1.29 is 13.6 Å². The number of hydrogen-bond donors (Lipinski definition) is 1. The van der Waals surface area contributed by atoms with E-state index in [0.29, 0.717) is 0 Å². The minimum absolute atomic E-state index is 0.0431. The second-order valence-corrected chi connectivity index (χ2v) is 2.93. The van der Waals surface area contributed by atoms with Crippen LogP contribution in [0.4, 0.5) is 8.78 Å². The van der Waals surface area contributed by atoms with Crippen LogP contribution < -0.4 is 5.32 Å². The molecule has 0 saturated carbocycles. The summed E-state index contributed by atoms with van der Waals surface area (Å²) in [4.78, 5) is 11.3. The summed E-state index contributed by atoms with van der Waals surface area (Å²) in [5.41, 5.74) is 0.746. The Morgan fingerprint density at radius 2 is 2.21 bits per heavy atom. The molecule has 2 nitrogen and oxygen atoms in total. The molecular formula is C10H11F2NO. The molecule has 0 aliphatic heterocycles. The Kier molecular flexibility index (Phi) is 3.56. The summed E-state index contributed by atoms with van der Waals surface area (Å²) in [6.07, 6.45) is 0. The monoisotopic (exact) mass is 199 g/mol. The van der Waals surface area contributed by atoms with Crippen LogP contribution in [0, 0.1) is 12.7 Å². The first kappa shape index (κ1) is 10.6. The van der Waals surface area contributed by atoms with E-state index in [1.807, 2.05) is 0 Å². The third-order valence-corrected chi connectivity index (χ3v) is 1.75. The molecule has 1 N–H and O–H groups in total. The zero-order chi connectivity index (χ0) is 10.6. The summed E-state index contributed by atoms with van der Waals surface area (Å²) < 4.78 is 24.8. The van der Waals surface area contributed by atoms with Crippen molar-refractivity contribution in [2.24, 2.45) is 0 Å². The van der Waals surface area contributed by atoms with E-state index >= 15 is 0 Å². The Hall–Kier alpha value is -1.45. The molecule has 0 aromatic heterocycles. The number of carbonyl (C=O) groups is 1. The van der Waals surface area contributed by atoms with Gasteiger partial charge in [-0.05, 0) is 19.1 Å². The SMILES string of the molecule is Cc1ccc(F)c(C(=O)NCCF)c1. The van der Waals surface area contributed by atoms with Gasteiger partial charge in [0.25, 0.3) is 5.91 Å². The highest BCUT2D eigenvalue weighted by Crippen LogP contribution is 2.09. The van der Waals surface area contributed by atoms with Crippen molar-refractivity contribution in [3.63, 3.8) is 0 Å². The molecule has 76 valence electrons. The lowest BCUT2D eigenvalue weighted by Gasteiger charge is -2.04. The number of amides is 1. The Bertz CT molecular complexity index is 339. The van der Waals surface area contributed by atoms with Crippen molar-refractivity contribution in [1.29, 1.82) is 0 Å². The smallest absolute Gasteiger partial charge is 0.254 e. The third kappa shape index (κ3) is 2.52. The number of benzene rings is 1. The molecule has 0 spiro atoms. The van der Waals surface area contributed by atoms with E-state index in [1.165, 1.54) is 12.1 Å².